The molecule has 1 aliphatic rings. The van der Waals surface area contributed by atoms with Crippen LogP contribution in [0.2, 0.25) is 0 Å². The number of carbonyl (C=O) groups is 1. The maximum Gasteiger partial charge on any atom is 0.248 e. The number of hydrogen-bond donors (Lipinski definition) is 1. The van der Waals surface area contributed by atoms with Crippen molar-refractivity contribution >= 4 is 17.7 Å². The lowest BCUT2D eigenvalue weighted by molar-refractivity contribution is 0.0410. The average Bonchev–Trinajstić information content (AvgIpc) is 2.45. The first-order valence-corrected chi connectivity index (χ1v) is 7.68. The van der Waals surface area contributed by atoms with Gasteiger partial charge in [-0.05, 0) is 17.7 Å². The molecule has 0 spiro atoms. The number of benzene rings is 1. The third-order valence-corrected chi connectivity index (χ3v) is 4.14. The van der Waals surface area contributed by atoms with E-state index in [9.17, 15) is 4.79 Å². The fourth-order valence-electron chi connectivity index (χ4n) is 2.02. The summed E-state index contributed by atoms with van der Waals surface area (Å²) >= 11 is 1.89. The van der Waals surface area contributed by atoms with E-state index in [1.807, 2.05) is 30.0 Å². The van der Waals surface area contributed by atoms with Gasteiger partial charge >= 0.3 is 0 Å². The van der Waals surface area contributed by atoms with Crippen LogP contribution in [0, 0.1) is 0 Å². The standard InChI is InChI=1S/C14H20N2O2S/c15-14(17)13-3-1-2-12(10-13)11-19-9-6-16-4-7-18-8-5-16/h1-3,10H,4-9,11H2,(H2,15,17). The Labute approximate surface area is 118 Å². The molecule has 1 amide bonds. The van der Waals surface area contributed by atoms with Gasteiger partial charge in [0.05, 0.1) is 13.2 Å². The number of nitrogens with zero attached hydrogens (tertiary/aromatic N) is 1. The molecule has 1 fully saturated rings. The molecule has 1 aromatic carbocycles. The first-order valence-electron chi connectivity index (χ1n) is 6.52. The summed E-state index contributed by atoms with van der Waals surface area (Å²) in [6, 6.07) is 7.56. The fraction of sp³-hybridized carbons (Fsp3) is 0.500. The van der Waals surface area contributed by atoms with Gasteiger partial charge in [0.2, 0.25) is 5.91 Å². The number of nitrogens with two attached hydrogens (primary N) is 1. The molecule has 0 aromatic heterocycles. The largest absolute Gasteiger partial charge is 0.379 e. The number of ether oxygens (including phenoxy) is 1. The lowest BCUT2D eigenvalue weighted by atomic mass is 10.1. The Kier molecular flexibility index (Phi) is 5.69. The molecule has 2 rings (SSSR count). The molecule has 0 bridgehead atoms. The maximum absolute atomic E-state index is 11.1. The Balaban J connectivity index is 1.70. The molecule has 1 saturated heterocycles. The van der Waals surface area contributed by atoms with Crippen LogP contribution < -0.4 is 5.73 Å². The van der Waals surface area contributed by atoms with Crippen LogP contribution in [0.4, 0.5) is 0 Å². The number of thioether (sulfide) groups is 1. The highest BCUT2D eigenvalue weighted by molar-refractivity contribution is 7.98. The van der Waals surface area contributed by atoms with Gasteiger partial charge in [0.1, 0.15) is 0 Å². The van der Waals surface area contributed by atoms with E-state index in [1.165, 1.54) is 0 Å². The van der Waals surface area contributed by atoms with E-state index in [4.69, 9.17) is 10.5 Å². The zero-order chi connectivity index (χ0) is 13.5. The zero-order valence-corrected chi connectivity index (χ0v) is 11.8. The van der Waals surface area contributed by atoms with Gasteiger partial charge in [0.15, 0.2) is 0 Å². The van der Waals surface area contributed by atoms with Gasteiger partial charge in [-0.2, -0.15) is 11.8 Å². The number of amides is 1. The van der Waals surface area contributed by atoms with E-state index in [0.29, 0.717) is 5.56 Å². The quantitative estimate of drug-likeness (QED) is 0.799. The van der Waals surface area contributed by atoms with Crippen molar-refractivity contribution in [3.63, 3.8) is 0 Å². The predicted octanol–water partition coefficient (Wildman–Crippen LogP) is 1.35. The van der Waals surface area contributed by atoms with Gasteiger partial charge in [0.25, 0.3) is 0 Å². The van der Waals surface area contributed by atoms with Crippen molar-refractivity contribution in [3.05, 3.63) is 35.4 Å². The summed E-state index contributed by atoms with van der Waals surface area (Å²) in [5, 5.41) is 0. The van der Waals surface area contributed by atoms with Crippen LogP contribution >= 0.6 is 11.8 Å². The second-order valence-corrected chi connectivity index (χ2v) is 5.68. The molecule has 2 N–H and O–H groups in total. The third kappa shape index (κ3) is 4.86. The molecular formula is C14H20N2O2S. The van der Waals surface area contributed by atoms with Crippen molar-refractivity contribution in [2.75, 3.05) is 38.6 Å². The van der Waals surface area contributed by atoms with E-state index < -0.39 is 0 Å². The second-order valence-electron chi connectivity index (χ2n) is 4.57. The molecule has 0 unspecified atom stereocenters. The Morgan fingerprint density at radius 1 is 1.37 bits per heavy atom. The Morgan fingerprint density at radius 3 is 2.89 bits per heavy atom. The van der Waals surface area contributed by atoms with E-state index in [-0.39, 0.29) is 5.91 Å². The van der Waals surface area contributed by atoms with Gasteiger partial charge < -0.3 is 10.5 Å². The summed E-state index contributed by atoms with van der Waals surface area (Å²) < 4.78 is 5.32. The molecule has 104 valence electrons. The summed E-state index contributed by atoms with van der Waals surface area (Å²) in [7, 11) is 0. The SMILES string of the molecule is NC(=O)c1cccc(CSCCN2CCOCC2)c1. The van der Waals surface area contributed by atoms with Crippen LogP contribution in [0.5, 0.6) is 0 Å². The van der Waals surface area contributed by atoms with Gasteiger partial charge in [-0.25, -0.2) is 0 Å². The first-order chi connectivity index (χ1) is 9.25. The Morgan fingerprint density at radius 2 is 2.16 bits per heavy atom. The van der Waals surface area contributed by atoms with Crippen molar-refractivity contribution in [2.24, 2.45) is 5.73 Å². The number of carbonyl (C=O) groups excluding carboxylic acids is 1. The summed E-state index contributed by atoms with van der Waals surface area (Å²) in [4.78, 5) is 13.5. The van der Waals surface area contributed by atoms with Gasteiger partial charge in [-0.15, -0.1) is 0 Å². The average molecular weight is 280 g/mol. The maximum atomic E-state index is 11.1. The molecule has 1 aromatic rings. The van der Waals surface area contributed by atoms with Gasteiger partial charge in [-0.3, -0.25) is 9.69 Å². The van der Waals surface area contributed by atoms with Crippen LogP contribution in [-0.4, -0.2) is 49.4 Å². The highest BCUT2D eigenvalue weighted by Gasteiger charge is 2.09. The zero-order valence-electron chi connectivity index (χ0n) is 11.0. The van der Waals surface area contributed by atoms with Crippen molar-refractivity contribution in [1.29, 1.82) is 0 Å². The molecule has 0 atom stereocenters. The molecule has 0 saturated carbocycles. The number of rotatable bonds is 6. The fourth-order valence-corrected chi connectivity index (χ4v) is 2.97. The van der Waals surface area contributed by atoms with E-state index in [2.05, 4.69) is 4.90 Å². The normalized spacial score (nSPS) is 16.4. The third-order valence-electron chi connectivity index (χ3n) is 3.14. The molecule has 1 heterocycles. The minimum absolute atomic E-state index is 0.361. The molecule has 1 aliphatic heterocycles. The van der Waals surface area contributed by atoms with Crippen LogP contribution in [0.25, 0.3) is 0 Å². The Bertz CT molecular complexity index is 420. The highest BCUT2D eigenvalue weighted by atomic mass is 32.2. The summed E-state index contributed by atoms with van der Waals surface area (Å²) in [6.07, 6.45) is 0. The van der Waals surface area contributed by atoms with Crippen LogP contribution in [0.15, 0.2) is 24.3 Å². The minimum atomic E-state index is -0.361. The van der Waals surface area contributed by atoms with E-state index in [1.54, 1.807) is 6.07 Å². The molecule has 0 radical (unpaired) electrons. The molecule has 19 heavy (non-hydrogen) atoms. The molecular weight excluding hydrogens is 260 g/mol. The van der Waals surface area contributed by atoms with Crippen molar-refractivity contribution in [2.45, 2.75) is 5.75 Å². The minimum Gasteiger partial charge on any atom is -0.379 e. The number of primary amides is 1. The van der Waals surface area contributed by atoms with Crippen molar-refractivity contribution < 1.29 is 9.53 Å². The topological polar surface area (TPSA) is 55.6 Å². The molecule has 0 aliphatic carbocycles. The summed E-state index contributed by atoms with van der Waals surface area (Å²) in [6.45, 7) is 4.88. The highest BCUT2D eigenvalue weighted by Crippen LogP contribution is 2.14. The number of morpholine rings is 1. The van der Waals surface area contributed by atoms with Gasteiger partial charge in [0, 0.05) is 36.7 Å². The van der Waals surface area contributed by atoms with Gasteiger partial charge in [-0.1, -0.05) is 12.1 Å². The van der Waals surface area contributed by atoms with E-state index in [0.717, 1.165) is 49.9 Å². The first kappa shape index (κ1) is 14.4. The monoisotopic (exact) mass is 280 g/mol. The predicted molar refractivity (Wildman–Crippen MR) is 78.4 cm³/mol. The van der Waals surface area contributed by atoms with Crippen LogP contribution in [-0.2, 0) is 10.5 Å². The molecule has 4 nitrogen and oxygen atoms in total. The lowest BCUT2D eigenvalue weighted by Crippen LogP contribution is -2.37. The summed E-state index contributed by atoms with van der Waals surface area (Å²) in [5.74, 6) is 1.66. The number of hydrogen-bond acceptors (Lipinski definition) is 4. The van der Waals surface area contributed by atoms with Crippen LogP contribution in [0.1, 0.15) is 15.9 Å². The molecule has 5 heteroatoms. The Hall–Kier alpha value is -1.04. The summed E-state index contributed by atoms with van der Waals surface area (Å²) in [5.41, 5.74) is 7.02. The van der Waals surface area contributed by atoms with Crippen molar-refractivity contribution in [1.82, 2.24) is 4.90 Å². The lowest BCUT2D eigenvalue weighted by Gasteiger charge is -2.26. The van der Waals surface area contributed by atoms with E-state index >= 15 is 0 Å². The van der Waals surface area contributed by atoms with Crippen molar-refractivity contribution in [3.8, 4) is 0 Å². The van der Waals surface area contributed by atoms with Crippen LogP contribution in [0.3, 0.4) is 0 Å². The second kappa shape index (κ2) is 7.53. The smallest absolute Gasteiger partial charge is 0.248 e.